The summed E-state index contributed by atoms with van der Waals surface area (Å²) in [5.74, 6) is 0.349. The number of benzene rings is 2. The minimum absolute atomic E-state index is 0.0465. The van der Waals surface area contributed by atoms with Crippen molar-refractivity contribution in [1.82, 2.24) is 0 Å². The molecule has 0 spiro atoms. The summed E-state index contributed by atoms with van der Waals surface area (Å²) in [6, 6.07) is 9.42. The van der Waals surface area contributed by atoms with E-state index in [1.54, 1.807) is 18.2 Å². The van der Waals surface area contributed by atoms with Crippen molar-refractivity contribution in [1.29, 1.82) is 0 Å². The van der Waals surface area contributed by atoms with Crippen LogP contribution in [-0.2, 0) is 4.79 Å². The molecule has 3 nitrogen and oxygen atoms in total. The highest BCUT2D eigenvalue weighted by molar-refractivity contribution is 6.55. The molecule has 4 rings (SSSR count). The number of rotatable bonds is 1. The summed E-state index contributed by atoms with van der Waals surface area (Å²) < 4.78 is 0. The third-order valence-electron chi connectivity index (χ3n) is 5.25. The molecule has 0 radical (unpaired) electrons. The fourth-order valence-corrected chi connectivity index (χ4v) is 4.55. The van der Waals surface area contributed by atoms with E-state index in [1.807, 2.05) is 4.90 Å². The number of hydrogen-bond acceptors (Lipinski definition) is 2. The van der Waals surface area contributed by atoms with Gasteiger partial charge in [-0.25, -0.2) is 4.99 Å². The highest BCUT2D eigenvalue weighted by atomic mass is 35.5. The van der Waals surface area contributed by atoms with Crippen LogP contribution in [0.15, 0.2) is 35.3 Å². The molecule has 0 saturated carbocycles. The van der Waals surface area contributed by atoms with E-state index >= 15 is 0 Å². The van der Waals surface area contributed by atoms with Gasteiger partial charge in [-0.2, -0.15) is 0 Å². The number of aryl methyl sites for hydroxylation is 1. The van der Waals surface area contributed by atoms with Gasteiger partial charge >= 0.3 is 0 Å². The van der Waals surface area contributed by atoms with Crippen molar-refractivity contribution >= 4 is 46.2 Å². The molecule has 2 aromatic carbocycles. The predicted molar refractivity (Wildman–Crippen MR) is 108 cm³/mol. The molecule has 0 fully saturated rings. The molecule has 2 heterocycles. The van der Waals surface area contributed by atoms with Crippen molar-refractivity contribution in [3.05, 3.63) is 57.1 Å². The van der Waals surface area contributed by atoms with Crippen molar-refractivity contribution in [2.24, 2.45) is 4.99 Å². The second-order valence-electron chi connectivity index (χ2n) is 7.87. The number of aliphatic imine (C=N–C) groups is 1. The summed E-state index contributed by atoms with van der Waals surface area (Å²) in [5, 5.41) is 0.903. The maximum atomic E-state index is 13.3. The van der Waals surface area contributed by atoms with Crippen LogP contribution in [-0.4, -0.2) is 17.2 Å². The Morgan fingerprint density at radius 2 is 1.88 bits per heavy atom. The Hall–Kier alpha value is -1.84. The molecular formula is C21H20Cl2N2O. The molecule has 1 amide bonds. The van der Waals surface area contributed by atoms with Crippen molar-refractivity contribution in [3.63, 3.8) is 0 Å². The first-order valence-electron chi connectivity index (χ1n) is 8.72. The van der Waals surface area contributed by atoms with Crippen LogP contribution in [0.1, 0.15) is 49.8 Å². The Morgan fingerprint density at radius 1 is 1.15 bits per heavy atom. The summed E-state index contributed by atoms with van der Waals surface area (Å²) in [6.45, 7) is 8.53. The standard InChI is InChI=1S/C21H20Cl2N2O/c1-11-7-14-12(2)10-21(3,4)25-19(14)15(8-11)18(20(25)26)24-13-5-6-16(22)17(23)9-13/h5-9,12H,10H2,1-4H3/t12-/m0/s1. The smallest absolute Gasteiger partial charge is 0.278 e. The Kier molecular flexibility index (Phi) is 3.94. The molecule has 0 bridgehead atoms. The Labute approximate surface area is 163 Å². The number of anilines is 1. The van der Waals surface area contributed by atoms with Gasteiger partial charge in [-0.05, 0) is 62.9 Å². The Morgan fingerprint density at radius 3 is 2.58 bits per heavy atom. The van der Waals surface area contributed by atoms with E-state index in [-0.39, 0.29) is 11.4 Å². The van der Waals surface area contributed by atoms with E-state index < -0.39 is 0 Å². The molecule has 0 saturated heterocycles. The number of halogens is 2. The van der Waals surface area contributed by atoms with Crippen molar-refractivity contribution in [2.75, 3.05) is 4.90 Å². The van der Waals surface area contributed by atoms with Gasteiger partial charge in [-0.3, -0.25) is 4.79 Å². The molecular weight excluding hydrogens is 367 g/mol. The van der Waals surface area contributed by atoms with E-state index in [0.29, 0.717) is 27.4 Å². The van der Waals surface area contributed by atoms with E-state index in [2.05, 4.69) is 44.8 Å². The summed E-state index contributed by atoms with van der Waals surface area (Å²) in [7, 11) is 0. The summed E-state index contributed by atoms with van der Waals surface area (Å²) in [6.07, 6.45) is 0.925. The van der Waals surface area contributed by atoms with Gasteiger partial charge in [-0.1, -0.05) is 41.8 Å². The number of carbonyl (C=O) groups is 1. The molecule has 26 heavy (non-hydrogen) atoms. The molecule has 2 aliphatic heterocycles. The van der Waals surface area contributed by atoms with Gasteiger partial charge in [0, 0.05) is 11.1 Å². The second kappa shape index (κ2) is 5.83. The minimum atomic E-state index is -0.248. The summed E-state index contributed by atoms with van der Waals surface area (Å²) >= 11 is 12.1. The number of hydrogen-bond donors (Lipinski definition) is 0. The first-order valence-corrected chi connectivity index (χ1v) is 9.48. The fraction of sp³-hybridized carbons (Fsp3) is 0.333. The van der Waals surface area contributed by atoms with Gasteiger partial charge in [0.15, 0.2) is 0 Å². The number of nitrogens with zero attached hydrogens (tertiary/aromatic N) is 2. The Balaban J connectivity index is 1.95. The summed E-state index contributed by atoms with van der Waals surface area (Å²) in [4.78, 5) is 19.9. The molecule has 0 aromatic heterocycles. The predicted octanol–water partition coefficient (Wildman–Crippen LogP) is 6.06. The lowest BCUT2D eigenvalue weighted by Crippen LogP contribution is -2.50. The quantitative estimate of drug-likeness (QED) is 0.586. The lowest BCUT2D eigenvalue weighted by molar-refractivity contribution is -0.113. The highest BCUT2D eigenvalue weighted by Gasteiger charge is 2.47. The highest BCUT2D eigenvalue weighted by Crippen LogP contribution is 2.49. The van der Waals surface area contributed by atoms with Crippen molar-refractivity contribution in [2.45, 2.75) is 45.6 Å². The average Bonchev–Trinajstić information content (AvgIpc) is 2.82. The van der Waals surface area contributed by atoms with E-state index in [9.17, 15) is 4.79 Å². The van der Waals surface area contributed by atoms with Crippen molar-refractivity contribution < 1.29 is 4.79 Å². The van der Waals surface area contributed by atoms with Crippen LogP contribution in [0, 0.1) is 6.92 Å². The first kappa shape index (κ1) is 17.6. The molecule has 0 N–H and O–H groups in total. The molecule has 2 aromatic rings. The van der Waals surface area contributed by atoms with Crippen LogP contribution in [0.25, 0.3) is 0 Å². The zero-order valence-electron chi connectivity index (χ0n) is 15.2. The van der Waals surface area contributed by atoms with Gasteiger partial charge in [0.1, 0.15) is 5.71 Å². The Bertz CT molecular complexity index is 978. The largest absolute Gasteiger partial charge is 0.300 e. The van der Waals surface area contributed by atoms with E-state index in [0.717, 1.165) is 23.2 Å². The number of carbonyl (C=O) groups excluding carboxylic acids is 1. The van der Waals surface area contributed by atoms with Crippen molar-refractivity contribution in [3.8, 4) is 0 Å². The van der Waals surface area contributed by atoms with Gasteiger partial charge in [-0.15, -0.1) is 0 Å². The molecule has 5 heteroatoms. The minimum Gasteiger partial charge on any atom is -0.300 e. The van der Waals surface area contributed by atoms with Gasteiger partial charge < -0.3 is 4.90 Å². The lowest BCUT2D eigenvalue weighted by Gasteiger charge is -2.43. The van der Waals surface area contributed by atoms with Gasteiger partial charge in [0.2, 0.25) is 0 Å². The fourth-order valence-electron chi connectivity index (χ4n) is 4.26. The maximum Gasteiger partial charge on any atom is 0.278 e. The molecule has 134 valence electrons. The SMILES string of the molecule is Cc1cc2c3c(c1)[C@@H](C)CC(C)(C)N3C(=O)C2=Nc1ccc(Cl)c(Cl)c1. The third kappa shape index (κ3) is 2.57. The number of amides is 1. The third-order valence-corrected chi connectivity index (χ3v) is 5.99. The molecule has 2 aliphatic rings. The van der Waals surface area contributed by atoms with E-state index in [4.69, 9.17) is 23.2 Å². The molecule has 1 atom stereocenters. The van der Waals surface area contributed by atoms with Gasteiger partial charge in [0.25, 0.3) is 5.91 Å². The molecule has 0 unspecified atom stereocenters. The summed E-state index contributed by atoms with van der Waals surface area (Å²) in [5.41, 5.74) is 5.16. The van der Waals surface area contributed by atoms with Crippen LogP contribution in [0.5, 0.6) is 0 Å². The average molecular weight is 387 g/mol. The lowest BCUT2D eigenvalue weighted by atomic mass is 9.80. The topological polar surface area (TPSA) is 32.7 Å². The van der Waals surface area contributed by atoms with Crippen LogP contribution in [0.4, 0.5) is 11.4 Å². The van der Waals surface area contributed by atoms with Gasteiger partial charge in [0.05, 0.1) is 21.4 Å². The molecule has 0 aliphatic carbocycles. The maximum absolute atomic E-state index is 13.3. The van der Waals surface area contributed by atoms with Crippen LogP contribution < -0.4 is 4.90 Å². The van der Waals surface area contributed by atoms with Crippen LogP contribution >= 0.6 is 23.2 Å². The van der Waals surface area contributed by atoms with Crippen LogP contribution in [0.3, 0.4) is 0 Å². The normalized spacial score (nSPS) is 22.1. The van der Waals surface area contributed by atoms with Crippen LogP contribution in [0.2, 0.25) is 10.0 Å². The zero-order valence-corrected chi connectivity index (χ0v) is 16.7. The monoisotopic (exact) mass is 386 g/mol. The van der Waals surface area contributed by atoms with E-state index in [1.165, 1.54) is 5.56 Å². The second-order valence-corrected chi connectivity index (χ2v) is 8.68. The first-order chi connectivity index (χ1) is 12.2. The zero-order chi connectivity index (χ0) is 18.8.